The highest BCUT2D eigenvalue weighted by atomic mass is 16.5. The number of likely N-dealkylation sites (tertiary alicyclic amines) is 1. The topological polar surface area (TPSA) is 24.5 Å². The lowest BCUT2D eigenvalue weighted by Gasteiger charge is -2.30. The monoisotopic (exact) mass is 288 g/mol. The number of nitrogens with one attached hydrogen (secondary N) is 1. The van der Waals surface area contributed by atoms with Crippen LogP contribution in [-0.2, 0) is 12.8 Å². The first-order chi connectivity index (χ1) is 10.2. The van der Waals surface area contributed by atoms with E-state index in [1.54, 1.807) is 7.11 Å². The Labute approximate surface area is 128 Å². The van der Waals surface area contributed by atoms with Crippen molar-refractivity contribution < 1.29 is 4.74 Å². The first kappa shape index (κ1) is 14.9. The summed E-state index contributed by atoms with van der Waals surface area (Å²) in [6.07, 6.45) is 6.33. The number of fused-ring (bicyclic) bond motifs is 1. The Bertz CT molecular complexity index is 468. The molecule has 2 atom stereocenters. The molecular formula is C18H28N2O. The van der Waals surface area contributed by atoms with E-state index in [1.165, 1.54) is 56.4 Å². The summed E-state index contributed by atoms with van der Waals surface area (Å²) in [5.41, 5.74) is 2.97. The van der Waals surface area contributed by atoms with Crippen molar-refractivity contribution in [2.45, 2.75) is 51.1 Å². The molecule has 1 heterocycles. The molecule has 1 aromatic carbocycles. The SMILES string of the molecule is COc1ccc2c(c1)CC(NC(C)CN1CCCC1)CC2. The Hall–Kier alpha value is -1.06. The number of aryl methyl sites for hydroxylation is 1. The second kappa shape index (κ2) is 6.80. The molecule has 0 amide bonds. The van der Waals surface area contributed by atoms with Crippen molar-refractivity contribution in [3.63, 3.8) is 0 Å². The van der Waals surface area contributed by atoms with Crippen LogP contribution >= 0.6 is 0 Å². The molecule has 1 aromatic rings. The van der Waals surface area contributed by atoms with Crippen LogP contribution in [0.3, 0.4) is 0 Å². The number of hydrogen-bond acceptors (Lipinski definition) is 3. The van der Waals surface area contributed by atoms with Crippen LogP contribution in [0, 0.1) is 0 Å². The van der Waals surface area contributed by atoms with Gasteiger partial charge in [-0.15, -0.1) is 0 Å². The van der Waals surface area contributed by atoms with Crippen molar-refractivity contribution in [3.05, 3.63) is 29.3 Å². The smallest absolute Gasteiger partial charge is 0.119 e. The van der Waals surface area contributed by atoms with E-state index < -0.39 is 0 Å². The highest BCUT2D eigenvalue weighted by Gasteiger charge is 2.22. The van der Waals surface area contributed by atoms with Crippen molar-refractivity contribution in [2.24, 2.45) is 0 Å². The van der Waals surface area contributed by atoms with Crippen molar-refractivity contribution in [2.75, 3.05) is 26.7 Å². The van der Waals surface area contributed by atoms with E-state index >= 15 is 0 Å². The van der Waals surface area contributed by atoms with Gasteiger partial charge in [-0.25, -0.2) is 0 Å². The molecule has 21 heavy (non-hydrogen) atoms. The standard InChI is InChI=1S/C18H28N2O/c1-14(13-20-9-3-4-10-20)19-17-7-5-15-6-8-18(21-2)12-16(15)11-17/h6,8,12,14,17,19H,3-5,7,9-11,13H2,1-2H3. The fourth-order valence-electron chi connectivity index (χ4n) is 3.81. The summed E-state index contributed by atoms with van der Waals surface area (Å²) >= 11 is 0. The Balaban J connectivity index is 1.55. The molecule has 0 spiro atoms. The maximum Gasteiger partial charge on any atom is 0.119 e. The quantitative estimate of drug-likeness (QED) is 0.901. The molecule has 3 nitrogen and oxygen atoms in total. The lowest BCUT2D eigenvalue weighted by atomic mass is 9.88. The van der Waals surface area contributed by atoms with Gasteiger partial charge in [0.15, 0.2) is 0 Å². The van der Waals surface area contributed by atoms with Gasteiger partial charge < -0.3 is 15.0 Å². The zero-order valence-corrected chi connectivity index (χ0v) is 13.4. The van der Waals surface area contributed by atoms with Gasteiger partial charge in [-0.1, -0.05) is 6.07 Å². The third-order valence-corrected chi connectivity index (χ3v) is 4.89. The first-order valence-electron chi connectivity index (χ1n) is 8.39. The molecule has 116 valence electrons. The fourth-order valence-corrected chi connectivity index (χ4v) is 3.81. The zero-order chi connectivity index (χ0) is 14.7. The van der Waals surface area contributed by atoms with Crippen LogP contribution in [0.1, 0.15) is 37.3 Å². The molecule has 1 fully saturated rings. The van der Waals surface area contributed by atoms with Crippen LogP contribution in [-0.4, -0.2) is 43.7 Å². The first-order valence-corrected chi connectivity index (χ1v) is 8.39. The lowest BCUT2D eigenvalue weighted by molar-refractivity contribution is 0.279. The summed E-state index contributed by atoms with van der Waals surface area (Å²) in [4.78, 5) is 2.59. The summed E-state index contributed by atoms with van der Waals surface area (Å²) in [6.45, 7) is 6.11. The Morgan fingerprint density at radius 1 is 1.29 bits per heavy atom. The maximum absolute atomic E-state index is 5.36. The van der Waals surface area contributed by atoms with E-state index in [2.05, 4.69) is 35.3 Å². The molecule has 1 saturated heterocycles. The van der Waals surface area contributed by atoms with Gasteiger partial charge in [0.2, 0.25) is 0 Å². The normalized spacial score (nSPS) is 23.8. The van der Waals surface area contributed by atoms with Crippen LogP contribution in [0.15, 0.2) is 18.2 Å². The predicted molar refractivity (Wildman–Crippen MR) is 87.1 cm³/mol. The highest BCUT2D eigenvalue weighted by Crippen LogP contribution is 2.25. The summed E-state index contributed by atoms with van der Waals surface area (Å²) in [6, 6.07) is 7.73. The number of hydrogen-bond donors (Lipinski definition) is 1. The second-order valence-electron chi connectivity index (χ2n) is 6.65. The fraction of sp³-hybridized carbons (Fsp3) is 0.667. The molecule has 0 radical (unpaired) electrons. The van der Waals surface area contributed by atoms with Gasteiger partial charge in [-0.3, -0.25) is 0 Å². The van der Waals surface area contributed by atoms with E-state index in [0.29, 0.717) is 12.1 Å². The maximum atomic E-state index is 5.36. The van der Waals surface area contributed by atoms with Crippen molar-refractivity contribution in [1.82, 2.24) is 10.2 Å². The number of methoxy groups -OCH3 is 1. The molecule has 0 aromatic heterocycles. The summed E-state index contributed by atoms with van der Waals surface area (Å²) < 4.78 is 5.36. The van der Waals surface area contributed by atoms with Gasteiger partial charge in [0.05, 0.1) is 7.11 Å². The second-order valence-corrected chi connectivity index (χ2v) is 6.65. The van der Waals surface area contributed by atoms with Crippen LogP contribution in [0.25, 0.3) is 0 Å². The van der Waals surface area contributed by atoms with Gasteiger partial charge in [0.1, 0.15) is 5.75 Å². The summed E-state index contributed by atoms with van der Waals surface area (Å²) in [5, 5.41) is 3.84. The van der Waals surface area contributed by atoms with Gasteiger partial charge in [0, 0.05) is 18.6 Å². The molecule has 0 bridgehead atoms. The minimum Gasteiger partial charge on any atom is -0.497 e. The van der Waals surface area contributed by atoms with Crippen molar-refractivity contribution >= 4 is 0 Å². The minimum absolute atomic E-state index is 0.584. The Morgan fingerprint density at radius 2 is 2.10 bits per heavy atom. The van der Waals surface area contributed by atoms with Crippen molar-refractivity contribution in [3.8, 4) is 5.75 Å². The minimum atomic E-state index is 0.584. The molecule has 1 aliphatic carbocycles. The van der Waals surface area contributed by atoms with Gasteiger partial charge in [-0.2, -0.15) is 0 Å². The summed E-state index contributed by atoms with van der Waals surface area (Å²) in [5.74, 6) is 0.986. The van der Waals surface area contributed by atoms with E-state index in [9.17, 15) is 0 Å². The number of nitrogens with zero attached hydrogens (tertiary/aromatic N) is 1. The van der Waals surface area contributed by atoms with E-state index in [1.807, 2.05) is 0 Å². The van der Waals surface area contributed by atoms with Crippen LogP contribution in [0.4, 0.5) is 0 Å². The largest absolute Gasteiger partial charge is 0.497 e. The zero-order valence-electron chi connectivity index (χ0n) is 13.4. The molecule has 3 heteroatoms. The Morgan fingerprint density at radius 3 is 2.86 bits per heavy atom. The molecule has 1 N–H and O–H groups in total. The summed E-state index contributed by atoms with van der Waals surface area (Å²) in [7, 11) is 1.75. The van der Waals surface area contributed by atoms with E-state index in [0.717, 1.165) is 12.2 Å². The average Bonchev–Trinajstić information content (AvgIpc) is 2.99. The third kappa shape index (κ3) is 3.78. The number of benzene rings is 1. The Kier molecular flexibility index (Phi) is 4.81. The average molecular weight is 288 g/mol. The number of ether oxygens (including phenoxy) is 1. The predicted octanol–water partition coefficient (Wildman–Crippen LogP) is 2.63. The molecule has 0 saturated carbocycles. The molecular weight excluding hydrogens is 260 g/mol. The molecule has 1 aliphatic heterocycles. The lowest BCUT2D eigenvalue weighted by Crippen LogP contribution is -2.45. The molecule has 2 unspecified atom stereocenters. The van der Waals surface area contributed by atoms with Crippen LogP contribution in [0.2, 0.25) is 0 Å². The molecule has 2 aliphatic rings. The van der Waals surface area contributed by atoms with Gasteiger partial charge in [0.25, 0.3) is 0 Å². The van der Waals surface area contributed by atoms with Gasteiger partial charge in [-0.05, 0) is 75.4 Å². The van der Waals surface area contributed by atoms with Crippen molar-refractivity contribution in [1.29, 1.82) is 0 Å². The van der Waals surface area contributed by atoms with E-state index in [-0.39, 0.29) is 0 Å². The van der Waals surface area contributed by atoms with Crippen LogP contribution in [0.5, 0.6) is 5.75 Å². The van der Waals surface area contributed by atoms with E-state index in [4.69, 9.17) is 4.74 Å². The highest BCUT2D eigenvalue weighted by molar-refractivity contribution is 5.37. The van der Waals surface area contributed by atoms with Crippen LogP contribution < -0.4 is 10.1 Å². The number of rotatable bonds is 5. The van der Waals surface area contributed by atoms with Gasteiger partial charge >= 0.3 is 0 Å². The third-order valence-electron chi connectivity index (χ3n) is 4.89. The molecule has 3 rings (SSSR count).